The molecule has 4 nitrogen and oxygen atoms in total. The summed E-state index contributed by atoms with van der Waals surface area (Å²) in [6, 6.07) is 5.84. The van der Waals surface area contributed by atoms with Gasteiger partial charge < -0.3 is 5.73 Å². The smallest absolute Gasteiger partial charge is 0.397 e. The number of nitrogens with zero attached hydrogens (tertiary/aromatic N) is 1. The third kappa shape index (κ3) is 3.33. The number of halogens is 3. The van der Waals surface area contributed by atoms with E-state index in [1.165, 1.54) is 24.3 Å². The summed E-state index contributed by atoms with van der Waals surface area (Å²) in [7, 11) is -3.41. The van der Waals surface area contributed by atoms with E-state index in [-0.39, 0.29) is 21.8 Å². The van der Waals surface area contributed by atoms with Gasteiger partial charge in [0.25, 0.3) is 0 Å². The van der Waals surface area contributed by atoms with Crippen molar-refractivity contribution in [1.82, 2.24) is 4.98 Å². The van der Waals surface area contributed by atoms with E-state index in [4.69, 9.17) is 5.73 Å². The van der Waals surface area contributed by atoms with Gasteiger partial charge in [-0.1, -0.05) is 12.1 Å². The van der Waals surface area contributed by atoms with Crippen LogP contribution in [0.1, 0.15) is 5.56 Å². The zero-order valence-corrected chi connectivity index (χ0v) is 11.7. The number of sulfone groups is 1. The SMILES string of the molecule is CS(=O)(=O)c1ccc(-c2ncc(N)cc2C(F)(F)F)cc1. The maximum Gasteiger partial charge on any atom is 0.418 e. The molecule has 0 bridgehead atoms. The molecule has 0 saturated heterocycles. The van der Waals surface area contributed by atoms with Gasteiger partial charge in [-0.3, -0.25) is 4.98 Å². The minimum atomic E-state index is -4.60. The van der Waals surface area contributed by atoms with Crippen molar-refractivity contribution in [2.24, 2.45) is 0 Å². The topological polar surface area (TPSA) is 73.0 Å². The molecule has 0 spiro atoms. The number of nitrogens with two attached hydrogens (primary N) is 1. The number of benzene rings is 1. The Morgan fingerprint density at radius 3 is 2.19 bits per heavy atom. The van der Waals surface area contributed by atoms with Gasteiger partial charge >= 0.3 is 6.18 Å². The molecule has 0 aliphatic carbocycles. The van der Waals surface area contributed by atoms with E-state index in [9.17, 15) is 21.6 Å². The van der Waals surface area contributed by atoms with Crippen LogP contribution in [0.3, 0.4) is 0 Å². The Morgan fingerprint density at radius 2 is 1.71 bits per heavy atom. The fraction of sp³-hybridized carbons (Fsp3) is 0.154. The average Bonchev–Trinajstić information content (AvgIpc) is 2.37. The number of pyridine rings is 1. The van der Waals surface area contributed by atoms with E-state index in [1.807, 2.05) is 0 Å². The third-order valence-corrected chi connectivity index (χ3v) is 3.90. The van der Waals surface area contributed by atoms with E-state index in [1.54, 1.807) is 0 Å². The highest BCUT2D eigenvalue weighted by molar-refractivity contribution is 7.90. The standard InChI is InChI=1S/C13H11F3N2O2S/c1-21(19,20)10-4-2-8(3-5-10)12-11(13(14,15)16)6-9(17)7-18-12/h2-7H,17H2,1H3. The third-order valence-electron chi connectivity index (χ3n) is 2.77. The minimum Gasteiger partial charge on any atom is -0.397 e. The zero-order chi connectivity index (χ0) is 15.8. The largest absolute Gasteiger partial charge is 0.418 e. The highest BCUT2D eigenvalue weighted by atomic mass is 32.2. The second kappa shape index (κ2) is 5.03. The summed E-state index contributed by atoms with van der Waals surface area (Å²) in [5, 5.41) is 0. The molecule has 0 aliphatic rings. The van der Waals surface area contributed by atoms with Crippen LogP contribution < -0.4 is 5.73 Å². The Morgan fingerprint density at radius 1 is 1.14 bits per heavy atom. The van der Waals surface area contributed by atoms with E-state index in [2.05, 4.69) is 4.98 Å². The van der Waals surface area contributed by atoms with Crippen molar-refractivity contribution >= 4 is 15.5 Å². The van der Waals surface area contributed by atoms with Crippen LogP contribution in [0.5, 0.6) is 0 Å². The van der Waals surface area contributed by atoms with Crippen LogP contribution in [0.2, 0.25) is 0 Å². The number of alkyl halides is 3. The molecule has 0 radical (unpaired) electrons. The number of aromatic nitrogens is 1. The van der Waals surface area contributed by atoms with Gasteiger partial charge in [-0.15, -0.1) is 0 Å². The summed E-state index contributed by atoms with van der Waals surface area (Å²) in [6.07, 6.45) is -2.47. The number of nitrogen functional groups attached to an aromatic ring is 1. The molecule has 0 atom stereocenters. The van der Waals surface area contributed by atoms with Crippen molar-refractivity contribution in [2.75, 3.05) is 12.0 Å². The molecule has 0 amide bonds. The number of anilines is 1. The molecule has 1 heterocycles. The quantitative estimate of drug-likeness (QED) is 0.924. The van der Waals surface area contributed by atoms with Crippen molar-refractivity contribution in [1.29, 1.82) is 0 Å². The van der Waals surface area contributed by atoms with Crippen molar-refractivity contribution in [3.8, 4) is 11.3 Å². The Bertz CT molecular complexity index is 769. The Kier molecular flexibility index (Phi) is 3.66. The van der Waals surface area contributed by atoms with Gasteiger partial charge in [0.2, 0.25) is 0 Å². The fourth-order valence-electron chi connectivity index (χ4n) is 1.79. The predicted molar refractivity (Wildman–Crippen MR) is 72.2 cm³/mol. The van der Waals surface area contributed by atoms with E-state index in [0.29, 0.717) is 0 Å². The predicted octanol–water partition coefficient (Wildman–Crippen LogP) is 2.75. The Hall–Kier alpha value is -2.09. The molecular weight excluding hydrogens is 305 g/mol. The van der Waals surface area contributed by atoms with Gasteiger partial charge in [0.05, 0.1) is 28.0 Å². The molecule has 0 unspecified atom stereocenters. The van der Waals surface area contributed by atoms with Crippen LogP contribution in [0.25, 0.3) is 11.3 Å². The second-order valence-corrected chi connectivity index (χ2v) is 6.47. The maximum atomic E-state index is 13.0. The van der Waals surface area contributed by atoms with Crippen molar-refractivity contribution < 1.29 is 21.6 Å². The van der Waals surface area contributed by atoms with Crippen LogP contribution >= 0.6 is 0 Å². The molecule has 21 heavy (non-hydrogen) atoms. The summed E-state index contributed by atoms with van der Waals surface area (Å²) in [5.74, 6) is 0. The maximum absolute atomic E-state index is 13.0. The fourth-order valence-corrected chi connectivity index (χ4v) is 2.42. The lowest BCUT2D eigenvalue weighted by Gasteiger charge is -2.13. The molecule has 2 N–H and O–H groups in total. The highest BCUT2D eigenvalue weighted by Gasteiger charge is 2.34. The van der Waals surface area contributed by atoms with Crippen molar-refractivity contribution in [3.05, 3.63) is 42.1 Å². The van der Waals surface area contributed by atoms with Crippen LogP contribution in [-0.4, -0.2) is 19.7 Å². The van der Waals surface area contributed by atoms with Gasteiger partial charge in [-0.25, -0.2) is 8.42 Å². The van der Waals surface area contributed by atoms with Crippen molar-refractivity contribution in [3.63, 3.8) is 0 Å². The lowest BCUT2D eigenvalue weighted by molar-refractivity contribution is -0.137. The van der Waals surface area contributed by atoms with E-state index < -0.39 is 21.6 Å². The van der Waals surface area contributed by atoms with E-state index >= 15 is 0 Å². The molecule has 0 saturated carbocycles. The summed E-state index contributed by atoms with van der Waals surface area (Å²) in [4.78, 5) is 3.74. The summed E-state index contributed by atoms with van der Waals surface area (Å²) < 4.78 is 61.7. The Balaban J connectivity index is 2.57. The molecule has 2 rings (SSSR count). The van der Waals surface area contributed by atoms with Crippen LogP contribution in [0.4, 0.5) is 18.9 Å². The Labute approximate surface area is 119 Å². The minimum absolute atomic E-state index is 0.0234. The molecule has 8 heteroatoms. The monoisotopic (exact) mass is 316 g/mol. The molecule has 1 aromatic heterocycles. The van der Waals surface area contributed by atoms with Gasteiger partial charge in [-0.05, 0) is 18.2 Å². The summed E-state index contributed by atoms with van der Waals surface area (Å²) in [6.45, 7) is 0. The van der Waals surface area contributed by atoms with Crippen molar-refractivity contribution in [2.45, 2.75) is 11.1 Å². The van der Waals surface area contributed by atoms with Gasteiger partial charge in [0.1, 0.15) is 0 Å². The first-order chi connectivity index (χ1) is 9.59. The van der Waals surface area contributed by atoms with E-state index in [0.717, 1.165) is 18.5 Å². The first kappa shape index (κ1) is 15.3. The van der Waals surface area contributed by atoms with Gasteiger partial charge in [0, 0.05) is 11.8 Å². The first-order valence-corrected chi connectivity index (χ1v) is 7.61. The number of hydrogen-bond donors (Lipinski definition) is 1. The number of rotatable bonds is 2. The molecule has 0 aliphatic heterocycles. The summed E-state index contributed by atoms with van der Waals surface area (Å²) >= 11 is 0. The molecule has 1 aromatic carbocycles. The van der Waals surface area contributed by atoms with Crippen LogP contribution in [0, 0.1) is 0 Å². The normalized spacial score (nSPS) is 12.4. The van der Waals surface area contributed by atoms with Gasteiger partial charge in [0.15, 0.2) is 9.84 Å². The molecule has 112 valence electrons. The number of hydrogen-bond acceptors (Lipinski definition) is 4. The molecule has 2 aromatic rings. The summed E-state index contributed by atoms with van der Waals surface area (Å²) in [5.41, 5.74) is 4.15. The first-order valence-electron chi connectivity index (χ1n) is 5.72. The lowest BCUT2D eigenvalue weighted by Crippen LogP contribution is -2.09. The molecular formula is C13H11F3N2O2S. The van der Waals surface area contributed by atoms with Gasteiger partial charge in [-0.2, -0.15) is 13.2 Å². The lowest BCUT2D eigenvalue weighted by atomic mass is 10.1. The average molecular weight is 316 g/mol. The molecule has 0 fully saturated rings. The van der Waals surface area contributed by atoms with Crippen LogP contribution in [-0.2, 0) is 16.0 Å². The highest BCUT2D eigenvalue weighted by Crippen LogP contribution is 2.36. The van der Waals surface area contributed by atoms with Crippen LogP contribution in [0.15, 0.2) is 41.4 Å². The second-order valence-electron chi connectivity index (χ2n) is 4.46. The zero-order valence-electron chi connectivity index (χ0n) is 10.8.